The molecule has 0 aliphatic rings. The molecule has 3 nitrogen and oxygen atoms in total. The molecule has 0 unspecified atom stereocenters. The zero-order chi connectivity index (χ0) is 11.6. The Kier molecular flexibility index (Phi) is 3.18. The summed E-state index contributed by atoms with van der Waals surface area (Å²) in [5.41, 5.74) is -1.08. The molecule has 0 spiro atoms. The van der Waals surface area contributed by atoms with Crippen molar-refractivity contribution in [1.29, 1.82) is 0 Å². The van der Waals surface area contributed by atoms with Gasteiger partial charge in [-0.3, -0.25) is 4.79 Å². The van der Waals surface area contributed by atoms with E-state index in [0.29, 0.717) is 6.07 Å². The van der Waals surface area contributed by atoms with E-state index in [4.69, 9.17) is 16.7 Å². The van der Waals surface area contributed by atoms with Gasteiger partial charge in [0.1, 0.15) is 5.15 Å². The minimum absolute atomic E-state index is 0.0134. The van der Waals surface area contributed by atoms with Crippen molar-refractivity contribution in [3.05, 3.63) is 28.5 Å². The number of rotatable bonds is 2. The molecule has 82 valence electrons. The summed E-state index contributed by atoms with van der Waals surface area (Å²) in [6.07, 6.45) is -5.04. The highest BCUT2D eigenvalue weighted by atomic mass is 35.5. The SMILES string of the molecule is O=C(O)Cc1ccc(C(F)(F)F)c(Cl)n1. The smallest absolute Gasteiger partial charge is 0.419 e. The van der Waals surface area contributed by atoms with Crippen molar-refractivity contribution in [2.75, 3.05) is 0 Å². The largest absolute Gasteiger partial charge is 0.481 e. The van der Waals surface area contributed by atoms with Gasteiger partial charge in [0, 0.05) is 0 Å². The van der Waals surface area contributed by atoms with Crippen LogP contribution in [0.3, 0.4) is 0 Å². The van der Waals surface area contributed by atoms with Crippen LogP contribution in [0.25, 0.3) is 0 Å². The molecule has 1 aromatic heterocycles. The predicted octanol–water partition coefficient (Wildman–Crippen LogP) is 2.38. The number of alkyl halides is 3. The van der Waals surface area contributed by atoms with Gasteiger partial charge in [-0.25, -0.2) is 4.98 Å². The fourth-order valence-corrected chi connectivity index (χ4v) is 1.22. The van der Waals surface area contributed by atoms with Gasteiger partial charge in [-0.05, 0) is 12.1 Å². The molecule has 0 amide bonds. The lowest BCUT2D eigenvalue weighted by Crippen LogP contribution is -2.09. The van der Waals surface area contributed by atoms with Gasteiger partial charge >= 0.3 is 12.1 Å². The van der Waals surface area contributed by atoms with E-state index in [0.717, 1.165) is 6.07 Å². The van der Waals surface area contributed by atoms with Gasteiger partial charge in [0.05, 0.1) is 17.7 Å². The van der Waals surface area contributed by atoms with Crippen LogP contribution in [0, 0.1) is 0 Å². The second kappa shape index (κ2) is 4.06. The van der Waals surface area contributed by atoms with Crippen molar-refractivity contribution in [2.45, 2.75) is 12.6 Å². The first kappa shape index (κ1) is 11.8. The highest BCUT2D eigenvalue weighted by Crippen LogP contribution is 2.33. The van der Waals surface area contributed by atoms with Crippen molar-refractivity contribution >= 4 is 17.6 Å². The second-order valence-corrected chi connectivity index (χ2v) is 3.07. The fourth-order valence-electron chi connectivity index (χ4n) is 0.937. The Hall–Kier alpha value is -1.30. The molecular formula is C8H5ClF3NO2. The number of pyridine rings is 1. The van der Waals surface area contributed by atoms with Gasteiger partial charge in [0.2, 0.25) is 0 Å². The average molecular weight is 240 g/mol. The van der Waals surface area contributed by atoms with Crippen LogP contribution in [-0.2, 0) is 17.4 Å². The van der Waals surface area contributed by atoms with Crippen molar-refractivity contribution in [3.8, 4) is 0 Å². The van der Waals surface area contributed by atoms with Crippen LogP contribution in [0.2, 0.25) is 5.15 Å². The Labute approximate surface area is 87.5 Å². The number of carboxylic acid groups (broad SMARTS) is 1. The number of nitrogens with zero attached hydrogens (tertiary/aromatic N) is 1. The minimum Gasteiger partial charge on any atom is -0.481 e. The Balaban J connectivity index is 3.04. The van der Waals surface area contributed by atoms with E-state index in [1.165, 1.54) is 0 Å². The third-order valence-corrected chi connectivity index (χ3v) is 1.83. The number of hydrogen-bond acceptors (Lipinski definition) is 2. The predicted molar refractivity (Wildman–Crippen MR) is 45.6 cm³/mol. The van der Waals surface area contributed by atoms with E-state index in [1.807, 2.05) is 0 Å². The molecule has 0 fully saturated rings. The molecule has 0 radical (unpaired) electrons. The maximum atomic E-state index is 12.2. The van der Waals surface area contributed by atoms with Crippen LogP contribution in [0.4, 0.5) is 13.2 Å². The summed E-state index contributed by atoms with van der Waals surface area (Å²) in [6.45, 7) is 0. The lowest BCUT2D eigenvalue weighted by molar-refractivity contribution is -0.137. The first-order chi connectivity index (χ1) is 6.80. The molecule has 0 saturated carbocycles. The lowest BCUT2D eigenvalue weighted by Gasteiger charge is -2.08. The van der Waals surface area contributed by atoms with Gasteiger partial charge in [0.25, 0.3) is 0 Å². The van der Waals surface area contributed by atoms with Crippen LogP contribution >= 0.6 is 11.6 Å². The third-order valence-electron chi connectivity index (χ3n) is 1.54. The number of carboxylic acids is 1. The Morgan fingerprint density at radius 1 is 1.47 bits per heavy atom. The van der Waals surface area contributed by atoms with Crippen molar-refractivity contribution in [3.63, 3.8) is 0 Å². The molecule has 0 bridgehead atoms. The molecule has 0 aliphatic carbocycles. The molecule has 1 aromatic rings. The third kappa shape index (κ3) is 3.09. The number of aromatic nitrogens is 1. The van der Waals surface area contributed by atoms with Crippen LogP contribution in [-0.4, -0.2) is 16.1 Å². The molecule has 7 heteroatoms. The van der Waals surface area contributed by atoms with Crippen molar-refractivity contribution in [1.82, 2.24) is 4.98 Å². The highest BCUT2D eigenvalue weighted by Gasteiger charge is 2.33. The molecule has 1 rings (SSSR count). The van der Waals surface area contributed by atoms with E-state index in [9.17, 15) is 18.0 Å². The van der Waals surface area contributed by atoms with E-state index in [-0.39, 0.29) is 5.69 Å². The summed E-state index contributed by atoms with van der Waals surface area (Å²) in [6, 6.07) is 1.70. The van der Waals surface area contributed by atoms with E-state index < -0.39 is 29.3 Å². The van der Waals surface area contributed by atoms with Gasteiger partial charge in [-0.2, -0.15) is 13.2 Å². The molecule has 0 saturated heterocycles. The van der Waals surface area contributed by atoms with Crippen LogP contribution in [0.1, 0.15) is 11.3 Å². The minimum atomic E-state index is -4.58. The Morgan fingerprint density at radius 2 is 2.07 bits per heavy atom. The maximum Gasteiger partial charge on any atom is 0.419 e. The average Bonchev–Trinajstić information content (AvgIpc) is 1.99. The Morgan fingerprint density at radius 3 is 2.47 bits per heavy atom. The van der Waals surface area contributed by atoms with E-state index in [2.05, 4.69) is 4.98 Å². The zero-order valence-electron chi connectivity index (χ0n) is 7.18. The molecular weight excluding hydrogens is 235 g/mol. The number of aliphatic carboxylic acids is 1. The monoisotopic (exact) mass is 239 g/mol. The van der Waals surface area contributed by atoms with Crippen LogP contribution < -0.4 is 0 Å². The van der Waals surface area contributed by atoms with Gasteiger partial charge in [-0.15, -0.1) is 0 Å². The summed E-state index contributed by atoms with van der Waals surface area (Å²) >= 11 is 5.27. The van der Waals surface area contributed by atoms with E-state index in [1.54, 1.807) is 0 Å². The molecule has 0 aliphatic heterocycles. The normalized spacial score (nSPS) is 11.5. The summed E-state index contributed by atoms with van der Waals surface area (Å²) in [5.74, 6) is -1.18. The fraction of sp³-hybridized carbons (Fsp3) is 0.250. The first-order valence-corrected chi connectivity index (χ1v) is 4.13. The molecule has 0 atom stereocenters. The zero-order valence-corrected chi connectivity index (χ0v) is 7.93. The number of carbonyl (C=O) groups is 1. The molecule has 1 heterocycles. The quantitative estimate of drug-likeness (QED) is 0.806. The topological polar surface area (TPSA) is 50.2 Å². The molecule has 15 heavy (non-hydrogen) atoms. The molecule has 1 N–H and O–H groups in total. The van der Waals surface area contributed by atoms with E-state index >= 15 is 0 Å². The number of halogens is 4. The summed E-state index contributed by atoms with van der Waals surface area (Å²) < 4.78 is 36.6. The van der Waals surface area contributed by atoms with Gasteiger partial charge in [0.15, 0.2) is 0 Å². The number of hydrogen-bond donors (Lipinski definition) is 1. The molecule has 0 aromatic carbocycles. The Bertz CT molecular complexity index is 392. The summed E-state index contributed by atoms with van der Waals surface area (Å²) in [5, 5.41) is 7.65. The van der Waals surface area contributed by atoms with Crippen molar-refractivity contribution < 1.29 is 23.1 Å². The van der Waals surface area contributed by atoms with Crippen molar-refractivity contribution in [2.24, 2.45) is 0 Å². The standard InChI is InChI=1S/C8H5ClF3NO2/c9-7-5(8(10,11)12)2-1-4(13-7)3-6(14)15/h1-2H,3H2,(H,14,15). The highest BCUT2D eigenvalue weighted by molar-refractivity contribution is 6.30. The first-order valence-electron chi connectivity index (χ1n) is 3.75. The van der Waals surface area contributed by atoms with Gasteiger partial charge in [-0.1, -0.05) is 11.6 Å². The second-order valence-electron chi connectivity index (χ2n) is 2.71. The lowest BCUT2D eigenvalue weighted by atomic mass is 10.2. The summed E-state index contributed by atoms with van der Waals surface area (Å²) in [4.78, 5) is 13.6. The van der Waals surface area contributed by atoms with Crippen LogP contribution in [0.15, 0.2) is 12.1 Å². The maximum absolute atomic E-state index is 12.2. The van der Waals surface area contributed by atoms with Gasteiger partial charge < -0.3 is 5.11 Å². The van der Waals surface area contributed by atoms with Crippen LogP contribution in [0.5, 0.6) is 0 Å². The summed E-state index contributed by atoms with van der Waals surface area (Å²) in [7, 11) is 0.